The first-order valence-electron chi connectivity index (χ1n) is 7.37. The second-order valence-electron chi connectivity index (χ2n) is 5.80. The molecule has 1 N–H and O–H groups in total. The van der Waals surface area contributed by atoms with Crippen LogP contribution in [0.15, 0.2) is 24.3 Å². The van der Waals surface area contributed by atoms with Crippen molar-refractivity contribution in [3.63, 3.8) is 0 Å². The second kappa shape index (κ2) is 7.01. The van der Waals surface area contributed by atoms with E-state index >= 15 is 0 Å². The van der Waals surface area contributed by atoms with Crippen LogP contribution >= 0.6 is 0 Å². The molecule has 2 rings (SSSR count). The van der Waals surface area contributed by atoms with E-state index in [9.17, 15) is 4.39 Å². The number of rotatable bonds is 5. The van der Waals surface area contributed by atoms with Crippen LogP contribution in [0.25, 0.3) is 0 Å². The first-order chi connectivity index (χ1) is 9.15. The summed E-state index contributed by atoms with van der Waals surface area (Å²) in [5, 5.41) is 3.60. The molecule has 0 aliphatic carbocycles. The molecule has 3 heteroatoms. The summed E-state index contributed by atoms with van der Waals surface area (Å²) in [5.41, 5.74) is 1.19. The summed E-state index contributed by atoms with van der Waals surface area (Å²) in [6.07, 6.45) is 3.91. The predicted octanol–water partition coefficient (Wildman–Crippen LogP) is 3.18. The van der Waals surface area contributed by atoms with E-state index in [2.05, 4.69) is 24.1 Å². The van der Waals surface area contributed by atoms with Gasteiger partial charge in [-0.05, 0) is 50.9 Å². The minimum absolute atomic E-state index is 0.159. The molecule has 0 radical (unpaired) electrons. The SMILES string of the molecule is CC(C)N(Cc1ccc(F)cc1)CC1CCCCN1. The molecule has 1 heterocycles. The van der Waals surface area contributed by atoms with Gasteiger partial charge in [0, 0.05) is 25.2 Å². The lowest BCUT2D eigenvalue weighted by Crippen LogP contribution is -2.45. The Balaban J connectivity index is 1.93. The molecule has 0 bridgehead atoms. The molecule has 1 aliphatic rings. The van der Waals surface area contributed by atoms with Crippen molar-refractivity contribution in [3.05, 3.63) is 35.6 Å². The van der Waals surface area contributed by atoms with Crippen molar-refractivity contribution in [2.75, 3.05) is 13.1 Å². The first kappa shape index (κ1) is 14.5. The highest BCUT2D eigenvalue weighted by Crippen LogP contribution is 2.14. The molecule has 0 amide bonds. The molecule has 1 aromatic carbocycles. The molecule has 106 valence electrons. The van der Waals surface area contributed by atoms with Crippen molar-refractivity contribution < 1.29 is 4.39 Å². The fourth-order valence-electron chi connectivity index (χ4n) is 2.65. The first-order valence-corrected chi connectivity index (χ1v) is 7.37. The fourth-order valence-corrected chi connectivity index (χ4v) is 2.65. The molecule has 0 spiro atoms. The lowest BCUT2D eigenvalue weighted by molar-refractivity contribution is 0.177. The molecule has 1 unspecified atom stereocenters. The normalized spacial score (nSPS) is 20.2. The number of hydrogen-bond acceptors (Lipinski definition) is 2. The Hall–Kier alpha value is -0.930. The lowest BCUT2D eigenvalue weighted by Gasteiger charge is -2.33. The summed E-state index contributed by atoms with van der Waals surface area (Å²) >= 11 is 0. The molecular formula is C16H25FN2. The van der Waals surface area contributed by atoms with Crippen molar-refractivity contribution >= 4 is 0 Å². The molecule has 1 saturated heterocycles. The van der Waals surface area contributed by atoms with Crippen LogP contribution in [0.3, 0.4) is 0 Å². The largest absolute Gasteiger partial charge is 0.313 e. The lowest BCUT2D eigenvalue weighted by atomic mass is 10.0. The zero-order chi connectivity index (χ0) is 13.7. The van der Waals surface area contributed by atoms with Gasteiger partial charge in [-0.1, -0.05) is 18.6 Å². The summed E-state index contributed by atoms with van der Waals surface area (Å²) in [7, 11) is 0. The molecule has 2 nitrogen and oxygen atoms in total. The standard InChI is InChI=1S/C16H25FN2/c1-13(2)19(12-16-5-3-4-10-18-16)11-14-6-8-15(17)9-7-14/h6-9,13,16,18H,3-5,10-12H2,1-2H3. The molecule has 0 aromatic heterocycles. The molecular weight excluding hydrogens is 239 g/mol. The number of benzene rings is 1. The smallest absolute Gasteiger partial charge is 0.123 e. The van der Waals surface area contributed by atoms with Gasteiger partial charge < -0.3 is 5.32 Å². The van der Waals surface area contributed by atoms with Gasteiger partial charge in [-0.2, -0.15) is 0 Å². The number of halogens is 1. The maximum absolute atomic E-state index is 12.9. The summed E-state index contributed by atoms with van der Waals surface area (Å²) in [5.74, 6) is -0.159. The maximum atomic E-state index is 12.9. The van der Waals surface area contributed by atoms with E-state index in [1.54, 1.807) is 12.1 Å². The van der Waals surface area contributed by atoms with E-state index < -0.39 is 0 Å². The maximum Gasteiger partial charge on any atom is 0.123 e. The quantitative estimate of drug-likeness (QED) is 0.878. The number of nitrogens with zero attached hydrogens (tertiary/aromatic N) is 1. The number of nitrogens with one attached hydrogen (secondary N) is 1. The van der Waals surface area contributed by atoms with Crippen LogP contribution < -0.4 is 5.32 Å². The van der Waals surface area contributed by atoms with E-state index in [0.717, 1.165) is 19.6 Å². The van der Waals surface area contributed by atoms with Gasteiger partial charge in [0.25, 0.3) is 0 Å². The molecule has 1 aliphatic heterocycles. The van der Waals surface area contributed by atoms with Gasteiger partial charge in [0.1, 0.15) is 5.82 Å². The fraction of sp³-hybridized carbons (Fsp3) is 0.625. The third kappa shape index (κ3) is 4.59. The average Bonchev–Trinajstić information content (AvgIpc) is 2.41. The Bertz CT molecular complexity index is 369. The number of piperidine rings is 1. The molecule has 19 heavy (non-hydrogen) atoms. The van der Waals surface area contributed by atoms with Crippen molar-refractivity contribution in [1.29, 1.82) is 0 Å². The second-order valence-corrected chi connectivity index (χ2v) is 5.80. The third-order valence-corrected chi connectivity index (χ3v) is 3.90. The minimum atomic E-state index is -0.159. The molecule has 0 saturated carbocycles. The topological polar surface area (TPSA) is 15.3 Å². The Morgan fingerprint density at radius 3 is 2.58 bits per heavy atom. The minimum Gasteiger partial charge on any atom is -0.313 e. The third-order valence-electron chi connectivity index (χ3n) is 3.90. The number of hydrogen-bond donors (Lipinski definition) is 1. The van der Waals surface area contributed by atoms with E-state index in [-0.39, 0.29) is 5.82 Å². The van der Waals surface area contributed by atoms with E-state index in [4.69, 9.17) is 0 Å². The van der Waals surface area contributed by atoms with Crippen molar-refractivity contribution in [1.82, 2.24) is 10.2 Å². The Morgan fingerprint density at radius 2 is 2.00 bits per heavy atom. The Morgan fingerprint density at radius 1 is 1.26 bits per heavy atom. The van der Waals surface area contributed by atoms with Gasteiger partial charge in [-0.3, -0.25) is 4.90 Å². The summed E-state index contributed by atoms with van der Waals surface area (Å²) in [6, 6.07) is 7.99. The van der Waals surface area contributed by atoms with Gasteiger partial charge in [0.2, 0.25) is 0 Å². The van der Waals surface area contributed by atoms with Crippen LogP contribution in [0.2, 0.25) is 0 Å². The van der Waals surface area contributed by atoms with Gasteiger partial charge in [-0.25, -0.2) is 4.39 Å². The van der Waals surface area contributed by atoms with Gasteiger partial charge >= 0.3 is 0 Å². The monoisotopic (exact) mass is 264 g/mol. The molecule has 1 fully saturated rings. The van der Waals surface area contributed by atoms with Crippen LogP contribution in [0.1, 0.15) is 38.7 Å². The van der Waals surface area contributed by atoms with Crippen molar-refractivity contribution in [2.45, 2.75) is 51.7 Å². The van der Waals surface area contributed by atoms with Crippen LogP contribution in [-0.4, -0.2) is 30.1 Å². The van der Waals surface area contributed by atoms with Crippen LogP contribution in [0, 0.1) is 5.82 Å². The molecule has 1 atom stereocenters. The van der Waals surface area contributed by atoms with Gasteiger partial charge in [0.15, 0.2) is 0 Å². The van der Waals surface area contributed by atoms with E-state index in [1.165, 1.54) is 24.8 Å². The highest BCUT2D eigenvalue weighted by atomic mass is 19.1. The summed E-state index contributed by atoms with van der Waals surface area (Å²) in [4.78, 5) is 2.47. The van der Waals surface area contributed by atoms with Crippen LogP contribution in [-0.2, 0) is 6.54 Å². The summed E-state index contributed by atoms with van der Waals surface area (Å²) in [6.45, 7) is 7.58. The van der Waals surface area contributed by atoms with Gasteiger partial charge in [0.05, 0.1) is 0 Å². The highest BCUT2D eigenvalue weighted by Gasteiger charge is 2.18. The zero-order valence-corrected chi connectivity index (χ0v) is 12.0. The van der Waals surface area contributed by atoms with Crippen molar-refractivity contribution in [3.8, 4) is 0 Å². The zero-order valence-electron chi connectivity index (χ0n) is 12.0. The Labute approximate surface area is 116 Å². The van der Waals surface area contributed by atoms with Crippen LogP contribution in [0.4, 0.5) is 4.39 Å². The highest BCUT2D eigenvalue weighted by molar-refractivity contribution is 5.16. The van der Waals surface area contributed by atoms with Crippen molar-refractivity contribution in [2.24, 2.45) is 0 Å². The average molecular weight is 264 g/mol. The van der Waals surface area contributed by atoms with Crippen LogP contribution in [0.5, 0.6) is 0 Å². The molecule has 1 aromatic rings. The van der Waals surface area contributed by atoms with E-state index in [1.807, 2.05) is 12.1 Å². The Kier molecular flexibility index (Phi) is 5.34. The van der Waals surface area contributed by atoms with Gasteiger partial charge in [-0.15, -0.1) is 0 Å². The summed E-state index contributed by atoms with van der Waals surface area (Å²) < 4.78 is 12.9. The van der Waals surface area contributed by atoms with E-state index in [0.29, 0.717) is 12.1 Å². The predicted molar refractivity (Wildman–Crippen MR) is 77.6 cm³/mol.